The van der Waals surface area contributed by atoms with Crippen LogP contribution >= 0.6 is 0 Å². The molecule has 2 N–H and O–H groups in total. The predicted octanol–water partition coefficient (Wildman–Crippen LogP) is 4.52. The molecule has 3 aliphatic carbocycles. The number of rotatable bonds is 2. The number of aliphatic hydroxyl groups is 1. The van der Waals surface area contributed by atoms with Crippen molar-refractivity contribution in [2.75, 3.05) is 0 Å². The molecule has 0 spiro atoms. The van der Waals surface area contributed by atoms with Crippen molar-refractivity contribution in [2.24, 2.45) is 17.3 Å². The van der Waals surface area contributed by atoms with Gasteiger partial charge in [-0.1, -0.05) is 13.0 Å². The molecule has 3 aliphatic rings. The van der Waals surface area contributed by atoms with Crippen LogP contribution in [-0.4, -0.2) is 26.1 Å². The minimum absolute atomic E-state index is 0.0330. The first-order valence-electron chi connectivity index (χ1n) is 10.7. The third kappa shape index (κ3) is 2.65. The maximum absolute atomic E-state index is 11.3. The third-order valence-electron chi connectivity index (χ3n) is 7.90. The largest absolute Gasteiger partial charge is 0.508 e. The summed E-state index contributed by atoms with van der Waals surface area (Å²) in [5, 5.41) is 25.7. The van der Waals surface area contributed by atoms with E-state index >= 15 is 0 Å². The Morgan fingerprint density at radius 1 is 1.29 bits per heavy atom. The fourth-order valence-electron chi connectivity index (χ4n) is 6.39. The van der Waals surface area contributed by atoms with Gasteiger partial charge in [-0.05, 0) is 97.8 Å². The van der Waals surface area contributed by atoms with Crippen LogP contribution in [0.1, 0.15) is 62.3 Å². The van der Waals surface area contributed by atoms with Crippen molar-refractivity contribution in [3.05, 3.63) is 52.9 Å². The summed E-state index contributed by atoms with van der Waals surface area (Å²) < 4.78 is 1.94. The normalized spacial score (nSPS) is 35.5. The van der Waals surface area contributed by atoms with Crippen LogP contribution in [0.5, 0.6) is 5.75 Å². The van der Waals surface area contributed by atoms with E-state index in [1.165, 1.54) is 11.1 Å². The number of fused-ring (bicyclic) bond motifs is 5. The minimum atomic E-state index is -0.369. The second-order valence-electron chi connectivity index (χ2n) is 9.27. The lowest BCUT2D eigenvalue weighted by atomic mass is 9.55. The molecule has 0 saturated heterocycles. The average Bonchev–Trinajstić information content (AvgIpc) is 3.25. The Bertz CT molecular complexity index is 930. The molecule has 148 valence electrons. The lowest BCUT2D eigenvalue weighted by Crippen LogP contribution is -2.44. The Labute approximate surface area is 166 Å². The van der Waals surface area contributed by atoms with Gasteiger partial charge in [-0.15, -0.1) is 0 Å². The summed E-state index contributed by atoms with van der Waals surface area (Å²) in [6.07, 6.45) is 9.12. The molecule has 2 aromatic rings. The minimum Gasteiger partial charge on any atom is -0.508 e. The number of aromatic nitrogens is 2. The first-order chi connectivity index (χ1) is 13.5. The van der Waals surface area contributed by atoms with Crippen LogP contribution in [0.2, 0.25) is 0 Å². The number of aryl methyl sites for hydroxylation is 2. The smallest absolute Gasteiger partial charge is 0.115 e. The van der Waals surface area contributed by atoms with E-state index in [0.717, 1.165) is 49.9 Å². The maximum atomic E-state index is 11.3. The molecular weight excluding hydrogens is 348 g/mol. The Morgan fingerprint density at radius 2 is 2.14 bits per heavy atom. The van der Waals surface area contributed by atoms with Crippen LogP contribution < -0.4 is 0 Å². The van der Waals surface area contributed by atoms with Crippen LogP contribution in [0.15, 0.2) is 36.0 Å². The monoisotopic (exact) mass is 378 g/mol. The van der Waals surface area contributed by atoms with Gasteiger partial charge in [0.05, 0.1) is 11.8 Å². The number of nitrogens with zero attached hydrogens (tertiary/aromatic N) is 2. The lowest BCUT2D eigenvalue weighted by molar-refractivity contribution is -0.0158. The maximum Gasteiger partial charge on any atom is 0.115 e. The SMILES string of the molecule is CCn1ccc(/C=C2\C[C@@H]3[C@H]4CCc5cc(O)ccc5[C@@H]4CC[C@]3(C)[C@@H]2O)n1. The van der Waals surface area contributed by atoms with Crippen molar-refractivity contribution in [1.82, 2.24) is 9.78 Å². The molecular formula is C24H30N2O2. The molecule has 5 rings (SSSR count). The zero-order valence-corrected chi connectivity index (χ0v) is 16.8. The molecule has 2 fully saturated rings. The summed E-state index contributed by atoms with van der Waals surface area (Å²) in [5.41, 5.74) is 4.84. The molecule has 0 unspecified atom stereocenters. The standard InChI is InChI=1S/C24H30N2O2/c1-3-26-11-9-17(25-26)12-16-14-22-21-6-4-15-13-18(27)5-7-19(15)20(21)8-10-24(22,2)23(16)28/h5,7,9,11-13,20-23,27-28H,3-4,6,8,10,14H2,1-2H3/b16-12+/t20-,21-,22+,23+,24-/m0/s1. The first-order valence-corrected chi connectivity index (χ1v) is 10.7. The summed E-state index contributed by atoms with van der Waals surface area (Å²) in [6.45, 7) is 5.26. The van der Waals surface area contributed by atoms with Crippen molar-refractivity contribution in [3.63, 3.8) is 0 Å². The Balaban J connectivity index is 1.46. The van der Waals surface area contributed by atoms with E-state index in [4.69, 9.17) is 0 Å². The predicted molar refractivity (Wildman–Crippen MR) is 110 cm³/mol. The topological polar surface area (TPSA) is 58.3 Å². The molecule has 0 bridgehead atoms. The highest BCUT2D eigenvalue weighted by atomic mass is 16.3. The Kier molecular flexibility index (Phi) is 4.16. The number of aliphatic hydroxyl groups excluding tert-OH is 1. The first kappa shape index (κ1) is 18.0. The van der Waals surface area contributed by atoms with Crippen LogP contribution in [0, 0.1) is 17.3 Å². The third-order valence-corrected chi connectivity index (χ3v) is 7.90. The molecule has 1 aromatic heterocycles. The highest BCUT2D eigenvalue weighted by Gasteiger charge is 2.56. The van der Waals surface area contributed by atoms with Gasteiger partial charge in [0.1, 0.15) is 5.75 Å². The van der Waals surface area contributed by atoms with Gasteiger partial charge in [-0.3, -0.25) is 4.68 Å². The van der Waals surface area contributed by atoms with E-state index in [0.29, 0.717) is 23.5 Å². The van der Waals surface area contributed by atoms with Gasteiger partial charge < -0.3 is 10.2 Å². The molecule has 4 nitrogen and oxygen atoms in total. The van der Waals surface area contributed by atoms with Crippen LogP contribution in [0.3, 0.4) is 0 Å². The molecule has 4 heteroatoms. The van der Waals surface area contributed by atoms with E-state index in [-0.39, 0.29) is 11.5 Å². The molecule has 0 radical (unpaired) electrons. The van der Waals surface area contributed by atoms with Crippen LogP contribution in [-0.2, 0) is 13.0 Å². The molecule has 5 atom stereocenters. The van der Waals surface area contributed by atoms with E-state index in [1.807, 2.05) is 29.1 Å². The zero-order valence-electron chi connectivity index (χ0n) is 16.8. The van der Waals surface area contributed by atoms with Crippen LogP contribution in [0.25, 0.3) is 6.08 Å². The molecule has 1 aromatic carbocycles. The van der Waals surface area contributed by atoms with Gasteiger partial charge in [0, 0.05) is 18.2 Å². The van der Waals surface area contributed by atoms with Crippen molar-refractivity contribution in [3.8, 4) is 5.75 Å². The average molecular weight is 379 g/mol. The molecule has 0 amide bonds. The molecule has 1 heterocycles. The van der Waals surface area contributed by atoms with Gasteiger partial charge in [0.25, 0.3) is 0 Å². The summed E-state index contributed by atoms with van der Waals surface area (Å²) >= 11 is 0. The Morgan fingerprint density at radius 3 is 2.93 bits per heavy atom. The number of aromatic hydroxyl groups is 1. The van der Waals surface area contributed by atoms with Gasteiger partial charge in [0.2, 0.25) is 0 Å². The quantitative estimate of drug-likeness (QED) is 0.808. The summed E-state index contributed by atoms with van der Waals surface area (Å²) in [5.74, 6) is 2.08. The molecule has 0 aliphatic heterocycles. The van der Waals surface area contributed by atoms with E-state index < -0.39 is 0 Å². The highest BCUT2D eigenvalue weighted by Crippen LogP contribution is 2.62. The summed E-state index contributed by atoms with van der Waals surface area (Å²) in [6, 6.07) is 7.98. The number of benzene rings is 1. The van der Waals surface area contributed by atoms with Gasteiger partial charge in [-0.25, -0.2) is 0 Å². The van der Waals surface area contributed by atoms with Crippen molar-refractivity contribution in [1.29, 1.82) is 0 Å². The fraction of sp³-hybridized carbons (Fsp3) is 0.542. The van der Waals surface area contributed by atoms with Crippen LogP contribution in [0.4, 0.5) is 0 Å². The van der Waals surface area contributed by atoms with Crippen molar-refractivity contribution < 1.29 is 10.2 Å². The number of hydrogen-bond donors (Lipinski definition) is 2. The van der Waals surface area contributed by atoms with Gasteiger partial charge in [0.15, 0.2) is 0 Å². The van der Waals surface area contributed by atoms with Crippen molar-refractivity contribution >= 4 is 6.08 Å². The lowest BCUT2D eigenvalue weighted by Gasteiger charge is -2.49. The van der Waals surface area contributed by atoms with Gasteiger partial charge >= 0.3 is 0 Å². The number of hydrogen-bond acceptors (Lipinski definition) is 3. The van der Waals surface area contributed by atoms with E-state index in [9.17, 15) is 10.2 Å². The van der Waals surface area contributed by atoms with Gasteiger partial charge in [-0.2, -0.15) is 5.10 Å². The van der Waals surface area contributed by atoms with Crippen molar-refractivity contribution in [2.45, 2.75) is 64.5 Å². The number of phenols is 1. The second-order valence-corrected chi connectivity index (χ2v) is 9.27. The molecule has 28 heavy (non-hydrogen) atoms. The summed E-state index contributed by atoms with van der Waals surface area (Å²) in [4.78, 5) is 0. The second kappa shape index (κ2) is 6.48. The zero-order chi connectivity index (χ0) is 19.5. The fourth-order valence-corrected chi connectivity index (χ4v) is 6.39. The summed E-state index contributed by atoms with van der Waals surface area (Å²) in [7, 11) is 0. The Hall–Kier alpha value is -2.07. The molecule has 2 saturated carbocycles. The van der Waals surface area contributed by atoms with E-state index in [1.54, 1.807) is 0 Å². The highest BCUT2D eigenvalue weighted by molar-refractivity contribution is 5.52. The van der Waals surface area contributed by atoms with E-state index in [2.05, 4.69) is 31.1 Å². The number of phenolic OH excluding ortho intramolecular Hbond substituents is 1.